The summed E-state index contributed by atoms with van der Waals surface area (Å²) in [6, 6.07) is 12.4. The third-order valence-corrected chi connectivity index (χ3v) is 7.98. The number of hydrogen-bond acceptors (Lipinski definition) is 3. The van der Waals surface area contributed by atoms with Crippen LogP contribution >= 0.6 is 15.9 Å². The lowest BCUT2D eigenvalue weighted by Crippen LogP contribution is -2.40. The third-order valence-electron chi connectivity index (χ3n) is 7.49. The number of imide groups is 1. The van der Waals surface area contributed by atoms with Crippen molar-refractivity contribution in [3.05, 3.63) is 70.2 Å². The molecule has 2 bridgehead atoms. The Morgan fingerprint density at radius 3 is 2.16 bits per heavy atom. The van der Waals surface area contributed by atoms with E-state index in [9.17, 15) is 14.4 Å². The molecule has 1 heterocycles. The van der Waals surface area contributed by atoms with Crippen LogP contribution in [0, 0.1) is 42.4 Å². The summed E-state index contributed by atoms with van der Waals surface area (Å²) in [4.78, 5) is 40.5. The summed E-state index contributed by atoms with van der Waals surface area (Å²) < 4.78 is 0.953. The molecule has 2 aromatic rings. The van der Waals surface area contributed by atoms with Gasteiger partial charge in [0.15, 0.2) is 0 Å². The van der Waals surface area contributed by atoms with Crippen LogP contribution in [-0.4, -0.2) is 17.7 Å². The molecule has 5 nitrogen and oxygen atoms in total. The van der Waals surface area contributed by atoms with Crippen LogP contribution in [0.2, 0.25) is 0 Å². The molecule has 0 spiro atoms. The van der Waals surface area contributed by atoms with Gasteiger partial charge in [0.2, 0.25) is 11.8 Å². The molecular weight excluding hydrogens is 456 g/mol. The third kappa shape index (κ3) is 2.77. The number of halogens is 1. The average Bonchev–Trinajstić information content (AvgIpc) is 3.54. The maximum Gasteiger partial charge on any atom is 0.255 e. The molecule has 0 unspecified atom stereocenters. The molecule has 1 saturated heterocycles. The number of allylic oxidation sites excluding steroid dienone is 2. The molecule has 3 fully saturated rings. The van der Waals surface area contributed by atoms with Gasteiger partial charge in [0.05, 0.1) is 17.5 Å². The van der Waals surface area contributed by atoms with Crippen molar-refractivity contribution in [1.82, 2.24) is 0 Å². The number of amides is 3. The fourth-order valence-electron chi connectivity index (χ4n) is 5.94. The Morgan fingerprint density at radius 1 is 0.968 bits per heavy atom. The first-order valence-corrected chi connectivity index (χ1v) is 11.5. The Kier molecular flexibility index (Phi) is 4.06. The van der Waals surface area contributed by atoms with Crippen molar-refractivity contribution in [2.45, 2.75) is 13.3 Å². The second kappa shape index (κ2) is 6.63. The highest BCUT2D eigenvalue weighted by atomic mass is 79.9. The first-order chi connectivity index (χ1) is 14.9. The van der Waals surface area contributed by atoms with E-state index in [0.29, 0.717) is 23.1 Å². The Morgan fingerprint density at radius 2 is 1.58 bits per heavy atom. The highest BCUT2D eigenvalue weighted by molar-refractivity contribution is 9.10. The fourth-order valence-corrected chi connectivity index (χ4v) is 6.41. The Balaban J connectivity index is 1.23. The molecule has 6 atom stereocenters. The Labute approximate surface area is 188 Å². The summed E-state index contributed by atoms with van der Waals surface area (Å²) in [5.41, 5.74) is 2.73. The van der Waals surface area contributed by atoms with Crippen molar-refractivity contribution in [3.8, 4) is 0 Å². The van der Waals surface area contributed by atoms with E-state index in [4.69, 9.17) is 0 Å². The van der Waals surface area contributed by atoms with Gasteiger partial charge in [0, 0.05) is 15.7 Å². The van der Waals surface area contributed by atoms with Gasteiger partial charge in [0.25, 0.3) is 5.91 Å². The maximum atomic E-state index is 13.2. The second-order valence-corrected chi connectivity index (χ2v) is 10.0. The van der Waals surface area contributed by atoms with Crippen LogP contribution in [0.3, 0.4) is 0 Å². The zero-order valence-corrected chi connectivity index (χ0v) is 18.5. The van der Waals surface area contributed by atoms with Gasteiger partial charge in [-0.1, -0.05) is 28.1 Å². The summed E-state index contributed by atoms with van der Waals surface area (Å²) in [7, 11) is 0. The molecule has 7 rings (SSSR count). The van der Waals surface area contributed by atoms with Gasteiger partial charge >= 0.3 is 0 Å². The van der Waals surface area contributed by atoms with Crippen molar-refractivity contribution >= 4 is 45.0 Å². The van der Waals surface area contributed by atoms with Crippen molar-refractivity contribution in [2.75, 3.05) is 10.2 Å². The van der Waals surface area contributed by atoms with Gasteiger partial charge in [-0.25, -0.2) is 0 Å². The van der Waals surface area contributed by atoms with Crippen LogP contribution in [0.1, 0.15) is 22.3 Å². The number of rotatable bonds is 3. The zero-order valence-electron chi connectivity index (χ0n) is 16.9. The zero-order chi connectivity index (χ0) is 21.4. The average molecular weight is 477 g/mol. The smallest absolute Gasteiger partial charge is 0.255 e. The monoisotopic (exact) mass is 476 g/mol. The highest BCUT2D eigenvalue weighted by Crippen LogP contribution is 2.65. The van der Waals surface area contributed by atoms with E-state index in [1.807, 2.05) is 25.1 Å². The molecule has 0 radical (unpaired) electrons. The largest absolute Gasteiger partial charge is 0.322 e. The molecule has 3 amide bonds. The predicted octanol–water partition coefficient (Wildman–Crippen LogP) is 4.57. The van der Waals surface area contributed by atoms with Crippen LogP contribution in [0.4, 0.5) is 11.4 Å². The minimum atomic E-state index is -0.230. The van der Waals surface area contributed by atoms with E-state index >= 15 is 0 Å². The summed E-state index contributed by atoms with van der Waals surface area (Å²) >= 11 is 3.42. The van der Waals surface area contributed by atoms with E-state index < -0.39 is 0 Å². The molecule has 1 N–H and O–H groups in total. The lowest BCUT2D eigenvalue weighted by atomic mass is 9.63. The fraction of sp³-hybridized carbons (Fsp3) is 0.320. The van der Waals surface area contributed by atoms with Crippen LogP contribution in [0.25, 0.3) is 0 Å². The number of carbonyl (C=O) groups excluding carboxylic acids is 3. The van der Waals surface area contributed by atoms with Crippen molar-refractivity contribution in [2.24, 2.45) is 35.5 Å². The lowest BCUT2D eigenvalue weighted by molar-refractivity contribution is -0.124. The molecule has 2 saturated carbocycles. The van der Waals surface area contributed by atoms with Crippen molar-refractivity contribution in [3.63, 3.8) is 0 Å². The number of carbonyl (C=O) groups is 3. The molecule has 1 aliphatic heterocycles. The molecule has 6 heteroatoms. The topological polar surface area (TPSA) is 66.5 Å². The van der Waals surface area contributed by atoms with Crippen LogP contribution in [0.15, 0.2) is 59.1 Å². The van der Waals surface area contributed by atoms with Gasteiger partial charge in [-0.15, -0.1) is 0 Å². The number of hydrogen-bond donors (Lipinski definition) is 1. The number of nitrogens with zero attached hydrogens (tertiary/aromatic N) is 1. The van der Waals surface area contributed by atoms with Crippen molar-refractivity contribution in [1.29, 1.82) is 0 Å². The van der Waals surface area contributed by atoms with Gasteiger partial charge < -0.3 is 5.32 Å². The van der Waals surface area contributed by atoms with Crippen LogP contribution < -0.4 is 10.2 Å². The van der Waals surface area contributed by atoms with E-state index in [1.165, 1.54) is 4.90 Å². The maximum absolute atomic E-state index is 13.2. The normalized spacial score (nSPS) is 32.1. The minimum Gasteiger partial charge on any atom is -0.322 e. The molecule has 31 heavy (non-hydrogen) atoms. The first-order valence-electron chi connectivity index (χ1n) is 10.7. The first kappa shape index (κ1) is 19.0. The number of aryl methyl sites for hydroxylation is 1. The summed E-state index contributed by atoms with van der Waals surface area (Å²) in [6.45, 7) is 1.93. The Bertz CT molecular complexity index is 1140. The van der Waals surface area contributed by atoms with Gasteiger partial charge in [-0.05, 0) is 85.0 Å². The summed E-state index contributed by atoms with van der Waals surface area (Å²) in [6.07, 6.45) is 5.50. The van der Waals surface area contributed by atoms with E-state index in [0.717, 1.165) is 22.1 Å². The van der Waals surface area contributed by atoms with Crippen molar-refractivity contribution < 1.29 is 14.4 Å². The lowest BCUT2D eigenvalue weighted by Gasteiger charge is -2.37. The molecule has 5 aliphatic rings. The van der Waals surface area contributed by atoms with Gasteiger partial charge in [-0.3, -0.25) is 19.3 Å². The van der Waals surface area contributed by atoms with E-state index in [2.05, 4.69) is 33.4 Å². The Hall–Kier alpha value is -2.73. The SMILES string of the molecule is Cc1cc(Br)ccc1NC(=O)c1ccc(N2C(=O)[C@H]3[C@@H]4C=C[C@@H]([C@H]5C[C@H]45)[C@@H]3C2=O)cc1. The quantitative estimate of drug-likeness (QED) is 0.521. The molecule has 156 valence electrons. The molecule has 2 aromatic carbocycles. The van der Waals surface area contributed by atoms with E-state index in [-0.39, 0.29) is 41.4 Å². The predicted molar refractivity (Wildman–Crippen MR) is 120 cm³/mol. The van der Waals surface area contributed by atoms with Gasteiger partial charge in [-0.2, -0.15) is 0 Å². The number of anilines is 2. The molecule has 0 aromatic heterocycles. The minimum absolute atomic E-state index is 0.0811. The standard InChI is InChI=1S/C25H21BrN2O3/c1-12-10-14(26)4-9-20(12)27-23(29)13-2-5-15(6-3-13)28-24(30)21-16-7-8-17(19-11-18(16)19)22(21)25(28)31/h2-10,16-19,21-22H,11H2,1H3,(H,27,29)/t16-,17+,18-,19-,21+,22+/m1/s1. The molecule has 4 aliphatic carbocycles. The van der Waals surface area contributed by atoms with Gasteiger partial charge in [0.1, 0.15) is 0 Å². The summed E-state index contributed by atoms with van der Waals surface area (Å²) in [5.74, 6) is 0.768. The van der Waals surface area contributed by atoms with Crippen LogP contribution in [-0.2, 0) is 9.59 Å². The van der Waals surface area contributed by atoms with Crippen LogP contribution in [0.5, 0.6) is 0 Å². The summed E-state index contributed by atoms with van der Waals surface area (Å²) in [5, 5.41) is 2.91. The molecular formula is C25H21BrN2O3. The number of benzene rings is 2. The highest BCUT2D eigenvalue weighted by Gasteiger charge is 2.67. The van der Waals surface area contributed by atoms with E-state index in [1.54, 1.807) is 24.3 Å². The second-order valence-electron chi connectivity index (χ2n) is 9.13. The number of nitrogens with one attached hydrogen (secondary N) is 1.